The SMILES string of the molecule is CC1(C(=O)O)COCC1NC(=O)CCOCC(F)F. The van der Waals surface area contributed by atoms with Crippen LogP contribution in [0, 0.1) is 5.41 Å². The summed E-state index contributed by atoms with van der Waals surface area (Å²) in [5.41, 5.74) is -1.17. The van der Waals surface area contributed by atoms with Crippen LogP contribution in [0.4, 0.5) is 8.78 Å². The number of carboxylic acids is 1. The Morgan fingerprint density at radius 3 is 2.84 bits per heavy atom. The van der Waals surface area contributed by atoms with E-state index in [1.54, 1.807) is 0 Å². The van der Waals surface area contributed by atoms with Gasteiger partial charge in [-0.2, -0.15) is 0 Å². The first-order valence-electron chi connectivity index (χ1n) is 5.82. The molecule has 110 valence electrons. The molecule has 1 saturated heterocycles. The van der Waals surface area contributed by atoms with E-state index in [1.807, 2.05) is 0 Å². The molecular weight excluding hydrogens is 264 g/mol. The van der Waals surface area contributed by atoms with E-state index in [0.29, 0.717) is 0 Å². The van der Waals surface area contributed by atoms with Crippen molar-refractivity contribution in [2.24, 2.45) is 5.41 Å². The molecule has 8 heteroatoms. The van der Waals surface area contributed by atoms with Crippen LogP contribution in [0.15, 0.2) is 0 Å². The molecule has 0 radical (unpaired) electrons. The Balaban J connectivity index is 2.34. The summed E-state index contributed by atoms with van der Waals surface area (Å²) in [4.78, 5) is 22.6. The van der Waals surface area contributed by atoms with E-state index in [9.17, 15) is 18.4 Å². The molecule has 0 aliphatic carbocycles. The van der Waals surface area contributed by atoms with Crippen LogP contribution in [-0.4, -0.2) is 55.9 Å². The largest absolute Gasteiger partial charge is 0.481 e. The van der Waals surface area contributed by atoms with Crippen LogP contribution in [0.3, 0.4) is 0 Å². The van der Waals surface area contributed by atoms with Crippen molar-refractivity contribution < 1.29 is 33.0 Å². The molecule has 2 atom stereocenters. The van der Waals surface area contributed by atoms with Crippen molar-refractivity contribution >= 4 is 11.9 Å². The highest BCUT2D eigenvalue weighted by Gasteiger charge is 2.47. The quantitative estimate of drug-likeness (QED) is 0.654. The maximum Gasteiger partial charge on any atom is 0.313 e. The van der Waals surface area contributed by atoms with E-state index in [0.717, 1.165) is 0 Å². The number of hydrogen-bond acceptors (Lipinski definition) is 4. The molecule has 0 saturated carbocycles. The zero-order chi connectivity index (χ0) is 14.5. The van der Waals surface area contributed by atoms with Crippen molar-refractivity contribution in [2.75, 3.05) is 26.4 Å². The second-order valence-electron chi connectivity index (χ2n) is 4.57. The molecule has 0 spiro atoms. The lowest BCUT2D eigenvalue weighted by atomic mass is 9.85. The highest BCUT2D eigenvalue weighted by Crippen LogP contribution is 2.28. The summed E-state index contributed by atoms with van der Waals surface area (Å²) in [6.45, 7) is 0.780. The number of hydrogen-bond donors (Lipinski definition) is 2. The van der Waals surface area contributed by atoms with E-state index in [1.165, 1.54) is 6.92 Å². The number of alkyl halides is 2. The lowest BCUT2D eigenvalue weighted by molar-refractivity contribution is -0.149. The standard InChI is InChI=1S/C11H17F2NO5/c1-11(10(16)17)6-19-4-7(11)14-9(15)2-3-18-5-8(12)13/h7-8H,2-6H2,1H3,(H,14,15)(H,16,17). The Kier molecular flexibility index (Phi) is 5.61. The minimum atomic E-state index is -2.57. The predicted octanol–water partition coefficient (Wildman–Crippen LogP) is 0.264. The molecule has 1 rings (SSSR count). The fourth-order valence-electron chi connectivity index (χ4n) is 1.69. The van der Waals surface area contributed by atoms with E-state index in [2.05, 4.69) is 10.1 Å². The highest BCUT2D eigenvalue weighted by atomic mass is 19.3. The van der Waals surface area contributed by atoms with Crippen LogP contribution in [0.5, 0.6) is 0 Å². The van der Waals surface area contributed by atoms with Crippen molar-refractivity contribution in [3.05, 3.63) is 0 Å². The second-order valence-corrected chi connectivity index (χ2v) is 4.57. The number of carboxylic acid groups (broad SMARTS) is 1. The molecule has 0 aromatic heterocycles. The predicted molar refractivity (Wildman–Crippen MR) is 59.9 cm³/mol. The van der Waals surface area contributed by atoms with Gasteiger partial charge in [0.15, 0.2) is 0 Å². The van der Waals surface area contributed by atoms with Gasteiger partial charge in [0, 0.05) is 6.42 Å². The Morgan fingerprint density at radius 2 is 2.26 bits per heavy atom. The summed E-state index contributed by atoms with van der Waals surface area (Å²) in [6, 6.07) is -0.632. The van der Waals surface area contributed by atoms with Crippen molar-refractivity contribution in [1.29, 1.82) is 0 Å². The van der Waals surface area contributed by atoms with Crippen molar-refractivity contribution in [1.82, 2.24) is 5.32 Å². The van der Waals surface area contributed by atoms with Crippen LogP contribution >= 0.6 is 0 Å². The van der Waals surface area contributed by atoms with Crippen LogP contribution in [0.1, 0.15) is 13.3 Å². The van der Waals surface area contributed by atoms with E-state index >= 15 is 0 Å². The summed E-state index contributed by atoms with van der Waals surface area (Å²) in [5, 5.41) is 11.6. The Hall–Kier alpha value is -1.28. The number of nitrogens with one attached hydrogen (secondary N) is 1. The molecule has 1 amide bonds. The minimum Gasteiger partial charge on any atom is -0.481 e. The monoisotopic (exact) mass is 281 g/mol. The number of halogens is 2. The molecule has 19 heavy (non-hydrogen) atoms. The summed E-state index contributed by atoms with van der Waals surface area (Å²) in [7, 11) is 0. The summed E-state index contributed by atoms with van der Waals surface area (Å²) in [5.74, 6) is -1.50. The molecule has 1 heterocycles. The van der Waals surface area contributed by atoms with Gasteiger partial charge in [0.1, 0.15) is 12.0 Å². The number of carbonyl (C=O) groups excluding carboxylic acids is 1. The minimum absolute atomic E-state index is 0.0230. The van der Waals surface area contributed by atoms with Gasteiger partial charge in [-0.15, -0.1) is 0 Å². The first-order valence-corrected chi connectivity index (χ1v) is 5.82. The lowest BCUT2D eigenvalue weighted by Crippen LogP contribution is -2.49. The zero-order valence-corrected chi connectivity index (χ0v) is 10.5. The topological polar surface area (TPSA) is 84.9 Å². The van der Waals surface area contributed by atoms with E-state index in [4.69, 9.17) is 9.84 Å². The third kappa shape index (κ3) is 4.39. The smallest absolute Gasteiger partial charge is 0.313 e. The van der Waals surface area contributed by atoms with Gasteiger partial charge >= 0.3 is 5.97 Å². The van der Waals surface area contributed by atoms with Crippen LogP contribution in [0.25, 0.3) is 0 Å². The molecule has 6 nitrogen and oxygen atoms in total. The van der Waals surface area contributed by atoms with Gasteiger partial charge in [0.05, 0.1) is 25.9 Å². The van der Waals surface area contributed by atoms with Gasteiger partial charge < -0.3 is 19.9 Å². The molecular formula is C11H17F2NO5. The zero-order valence-electron chi connectivity index (χ0n) is 10.5. The van der Waals surface area contributed by atoms with Gasteiger partial charge in [-0.1, -0.05) is 0 Å². The van der Waals surface area contributed by atoms with Gasteiger partial charge in [0.2, 0.25) is 5.91 Å². The Labute approximate surface area is 109 Å². The number of carbonyl (C=O) groups is 2. The van der Waals surface area contributed by atoms with E-state index in [-0.39, 0.29) is 26.2 Å². The molecule has 0 aromatic rings. The molecule has 1 aliphatic rings. The first kappa shape index (κ1) is 15.8. The van der Waals surface area contributed by atoms with Crippen LogP contribution in [-0.2, 0) is 19.1 Å². The van der Waals surface area contributed by atoms with E-state index < -0.39 is 36.4 Å². The average Bonchev–Trinajstić information content (AvgIpc) is 2.68. The molecule has 1 aliphatic heterocycles. The van der Waals surface area contributed by atoms with Crippen LogP contribution < -0.4 is 5.32 Å². The van der Waals surface area contributed by atoms with Crippen molar-refractivity contribution in [2.45, 2.75) is 25.8 Å². The molecule has 2 unspecified atom stereocenters. The summed E-state index contributed by atoms with van der Waals surface area (Å²) in [6.07, 6.45) is -2.67. The molecule has 2 N–H and O–H groups in total. The summed E-state index contributed by atoms with van der Waals surface area (Å²) < 4.78 is 33.2. The second kappa shape index (κ2) is 6.76. The molecule has 0 aromatic carbocycles. The van der Waals surface area contributed by atoms with Crippen molar-refractivity contribution in [3.63, 3.8) is 0 Å². The fraction of sp³-hybridized carbons (Fsp3) is 0.818. The number of ether oxygens (including phenoxy) is 2. The maximum absolute atomic E-state index is 11.8. The molecule has 1 fully saturated rings. The van der Waals surface area contributed by atoms with Gasteiger partial charge in [-0.05, 0) is 6.92 Å². The van der Waals surface area contributed by atoms with Gasteiger partial charge in [-0.3, -0.25) is 9.59 Å². The summed E-state index contributed by atoms with van der Waals surface area (Å²) >= 11 is 0. The van der Waals surface area contributed by atoms with Gasteiger partial charge in [0.25, 0.3) is 6.43 Å². The number of amides is 1. The third-order valence-corrected chi connectivity index (χ3v) is 3.00. The first-order chi connectivity index (χ1) is 8.86. The van der Waals surface area contributed by atoms with Crippen LogP contribution in [0.2, 0.25) is 0 Å². The average molecular weight is 281 g/mol. The molecule has 0 bridgehead atoms. The number of aliphatic carboxylic acids is 1. The van der Waals surface area contributed by atoms with Crippen molar-refractivity contribution in [3.8, 4) is 0 Å². The maximum atomic E-state index is 11.8. The lowest BCUT2D eigenvalue weighted by Gasteiger charge is -2.25. The highest BCUT2D eigenvalue weighted by molar-refractivity contribution is 5.80. The Bertz CT molecular complexity index is 339. The fourth-order valence-corrected chi connectivity index (χ4v) is 1.69. The normalized spacial score (nSPS) is 26.6. The van der Waals surface area contributed by atoms with Gasteiger partial charge in [-0.25, -0.2) is 8.78 Å². The third-order valence-electron chi connectivity index (χ3n) is 3.00. The Morgan fingerprint density at radius 1 is 1.58 bits per heavy atom. The number of rotatable bonds is 7.